The van der Waals surface area contributed by atoms with Crippen LogP contribution in [0.2, 0.25) is 5.02 Å². The maximum atomic E-state index is 12.0. The predicted octanol–water partition coefficient (Wildman–Crippen LogP) is 2.97. The molecule has 160 valence electrons. The standard InChI is InChI=1S/C21H31ClN4O2S/c1-25(2)20(27)14-24-21(23-13-16-9-12-28-15-16)26-10-7-19(8-11-26)29-18-5-3-17(22)4-6-18/h3-6,16,19H,7-15H2,1-2H3,(H,23,24). The molecule has 1 aromatic carbocycles. The molecule has 2 fully saturated rings. The van der Waals surface area contributed by atoms with Crippen LogP contribution < -0.4 is 5.32 Å². The molecule has 2 aliphatic heterocycles. The number of likely N-dealkylation sites (tertiary alicyclic amines) is 1. The first-order valence-electron chi connectivity index (χ1n) is 10.2. The molecule has 0 aromatic heterocycles. The van der Waals surface area contributed by atoms with Crippen LogP contribution in [0.25, 0.3) is 0 Å². The van der Waals surface area contributed by atoms with Crippen molar-refractivity contribution in [3.8, 4) is 0 Å². The lowest BCUT2D eigenvalue weighted by Gasteiger charge is -2.34. The number of nitrogens with zero attached hydrogens (tertiary/aromatic N) is 3. The van der Waals surface area contributed by atoms with E-state index in [1.165, 1.54) is 4.90 Å². The number of thioether (sulfide) groups is 1. The third kappa shape index (κ3) is 7.08. The molecule has 1 amide bonds. The summed E-state index contributed by atoms with van der Waals surface area (Å²) in [5.74, 6) is 1.38. The van der Waals surface area contributed by atoms with Gasteiger partial charge in [-0.3, -0.25) is 4.79 Å². The Morgan fingerprint density at radius 1 is 1.28 bits per heavy atom. The first-order valence-corrected chi connectivity index (χ1v) is 11.5. The smallest absolute Gasteiger partial charge is 0.243 e. The van der Waals surface area contributed by atoms with Crippen LogP contribution in [0.15, 0.2) is 34.2 Å². The summed E-state index contributed by atoms with van der Waals surface area (Å²) in [4.78, 5) is 21.8. The maximum absolute atomic E-state index is 12.0. The Hall–Kier alpha value is -1.44. The van der Waals surface area contributed by atoms with Crippen molar-refractivity contribution in [2.24, 2.45) is 10.9 Å². The van der Waals surface area contributed by atoms with Gasteiger partial charge in [0.25, 0.3) is 0 Å². The summed E-state index contributed by atoms with van der Waals surface area (Å²) in [6.07, 6.45) is 3.25. The van der Waals surface area contributed by atoms with Crippen LogP contribution in [0, 0.1) is 5.92 Å². The van der Waals surface area contributed by atoms with E-state index in [1.54, 1.807) is 19.0 Å². The number of halogens is 1. The molecule has 2 heterocycles. The largest absolute Gasteiger partial charge is 0.381 e. The van der Waals surface area contributed by atoms with E-state index in [9.17, 15) is 4.79 Å². The van der Waals surface area contributed by atoms with Gasteiger partial charge in [-0.15, -0.1) is 11.8 Å². The lowest BCUT2D eigenvalue weighted by Crippen LogP contribution is -2.47. The van der Waals surface area contributed by atoms with Crippen molar-refractivity contribution in [2.45, 2.75) is 29.4 Å². The molecular formula is C21H31ClN4O2S. The highest BCUT2D eigenvalue weighted by atomic mass is 35.5. The van der Waals surface area contributed by atoms with Gasteiger partial charge in [0.05, 0.1) is 6.61 Å². The van der Waals surface area contributed by atoms with Crippen LogP contribution in [0.1, 0.15) is 19.3 Å². The van der Waals surface area contributed by atoms with Crippen LogP contribution in [0.5, 0.6) is 0 Å². The molecule has 0 spiro atoms. The van der Waals surface area contributed by atoms with Gasteiger partial charge in [-0.1, -0.05) is 11.6 Å². The minimum absolute atomic E-state index is 0.0154. The normalized spacial score (nSPS) is 20.7. The zero-order chi connectivity index (χ0) is 20.6. The fourth-order valence-electron chi connectivity index (χ4n) is 3.42. The third-order valence-electron chi connectivity index (χ3n) is 5.29. The Morgan fingerprint density at radius 2 is 2.00 bits per heavy atom. The number of amides is 1. The number of hydrogen-bond acceptors (Lipinski definition) is 4. The lowest BCUT2D eigenvalue weighted by atomic mass is 10.1. The van der Waals surface area contributed by atoms with Crippen LogP contribution in [0.3, 0.4) is 0 Å². The fraction of sp³-hybridized carbons (Fsp3) is 0.619. The van der Waals surface area contributed by atoms with Crippen molar-refractivity contribution >= 4 is 35.2 Å². The minimum Gasteiger partial charge on any atom is -0.381 e. The number of aliphatic imine (C=N–C) groups is 1. The average Bonchev–Trinajstić information content (AvgIpc) is 3.24. The summed E-state index contributed by atoms with van der Waals surface area (Å²) >= 11 is 7.91. The Morgan fingerprint density at radius 3 is 2.62 bits per heavy atom. The summed E-state index contributed by atoms with van der Waals surface area (Å²) in [6, 6.07) is 8.07. The molecule has 2 aliphatic rings. The molecule has 6 nitrogen and oxygen atoms in total. The molecule has 29 heavy (non-hydrogen) atoms. The quantitative estimate of drug-likeness (QED) is 0.546. The molecule has 1 unspecified atom stereocenters. The van der Waals surface area contributed by atoms with Crippen molar-refractivity contribution in [3.63, 3.8) is 0 Å². The first kappa shape index (κ1) is 22.2. The monoisotopic (exact) mass is 438 g/mol. The van der Waals surface area contributed by atoms with Crippen LogP contribution >= 0.6 is 23.4 Å². The molecular weight excluding hydrogens is 408 g/mol. The first-order chi connectivity index (χ1) is 14.0. The van der Waals surface area contributed by atoms with Crippen molar-refractivity contribution in [1.29, 1.82) is 0 Å². The van der Waals surface area contributed by atoms with Crippen molar-refractivity contribution < 1.29 is 9.53 Å². The fourth-order valence-corrected chi connectivity index (χ4v) is 4.67. The Bertz CT molecular complexity index is 684. The van der Waals surface area contributed by atoms with Crippen LogP contribution in [-0.4, -0.2) is 80.4 Å². The number of nitrogens with one attached hydrogen (secondary N) is 1. The maximum Gasteiger partial charge on any atom is 0.243 e. The van der Waals surface area contributed by atoms with Gasteiger partial charge in [0.15, 0.2) is 5.96 Å². The van der Waals surface area contributed by atoms with Crippen molar-refractivity contribution in [1.82, 2.24) is 15.1 Å². The number of likely N-dealkylation sites (N-methyl/N-ethyl adjacent to an activating group) is 1. The van der Waals surface area contributed by atoms with Crippen molar-refractivity contribution in [2.75, 3.05) is 53.5 Å². The van der Waals surface area contributed by atoms with E-state index in [0.717, 1.165) is 63.1 Å². The Kier molecular flexibility index (Phi) is 8.51. The van der Waals surface area contributed by atoms with E-state index >= 15 is 0 Å². The van der Waals surface area contributed by atoms with E-state index in [2.05, 4.69) is 27.3 Å². The number of guanidine groups is 1. The summed E-state index contributed by atoms with van der Waals surface area (Å²) in [6.45, 7) is 4.54. The average molecular weight is 439 g/mol. The second-order valence-corrected chi connectivity index (χ2v) is 9.61. The summed E-state index contributed by atoms with van der Waals surface area (Å²) in [7, 11) is 3.53. The number of rotatable bonds is 6. The molecule has 0 bridgehead atoms. The van der Waals surface area contributed by atoms with Gasteiger partial charge in [-0.05, 0) is 43.5 Å². The SMILES string of the molecule is CN(C)C(=O)CN=C(NCC1CCOC1)N1CCC(Sc2ccc(Cl)cc2)CC1. The predicted molar refractivity (Wildman–Crippen MR) is 120 cm³/mol. The van der Waals surface area contributed by atoms with Crippen LogP contribution in [-0.2, 0) is 9.53 Å². The second kappa shape index (κ2) is 11.1. The summed E-state index contributed by atoms with van der Waals surface area (Å²) in [5.41, 5.74) is 0. The van der Waals surface area contributed by atoms with Gasteiger partial charge >= 0.3 is 0 Å². The zero-order valence-electron chi connectivity index (χ0n) is 17.3. The highest BCUT2D eigenvalue weighted by Gasteiger charge is 2.24. The van der Waals surface area contributed by atoms with E-state index < -0.39 is 0 Å². The molecule has 1 N–H and O–H groups in total. The third-order valence-corrected chi connectivity index (χ3v) is 6.89. The van der Waals surface area contributed by atoms with E-state index in [0.29, 0.717) is 11.2 Å². The number of benzene rings is 1. The number of piperidine rings is 1. The number of carbonyl (C=O) groups excluding carboxylic acids is 1. The number of hydrogen-bond donors (Lipinski definition) is 1. The molecule has 8 heteroatoms. The van der Waals surface area contributed by atoms with E-state index in [1.807, 2.05) is 23.9 Å². The van der Waals surface area contributed by atoms with E-state index in [4.69, 9.17) is 16.3 Å². The highest BCUT2D eigenvalue weighted by molar-refractivity contribution is 8.00. The molecule has 0 aliphatic carbocycles. The van der Waals surface area contributed by atoms with Gasteiger partial charge in [-0.2, -0.15) is 0 Å². The van der Waals surface area contributed by atoms with Gasteiger partial charge in [-0.25, -0.2) is 4.99 Å². The minimum atomic E-state index is 0.0154. The summed E-state index contributed by atoms with van der Waals surface area (Å²) in [5, 5.41) is 4.86. The van der Waals surface area contributed by atoms with Gasteiger partial charge in [0, 0.05) is 61.4 Å². The Balaban J connectivity index is 1.54. The van der Waals surface area contributed by atoms with Crippen LogP contribution in [0.4, 0.5) is 0 Å². The van der Waals surface area contributed by atoms with Crippen molar-refractivity contribution in [3.05, 3.63) is 29.3 Å². The highest BCUT2D eigenvalue weighted by Crippen LogP contribution is 2.31. The van der Waals surface area contributed by atoms with Gasteiger partial charge < -0.3 is 19.9 Å². The Labute approximate surface area is 183 Å². The number of ether oxygens (including phenoxy) is 1. The number of carbonyl (C=O) groups is 1. The molecule has 1 atom stereocenters. The molecule has 1 aromatic rings. The van der Waals surface area contributed by atoms with Gasteiger partial charge in [0.1, 0.15) is 6.54 Å². The van der Waals surface area contributed by atoms with E-state index in [-0.39, 0.29) is 12.5 Å². The molecule has 3 rings (SSSR count). The summed E-state index contributed by atoms with van der Waals surface area (Å²) < 4.78 is 5.48. The topological polar surface area (TPSA) is 57.2 Å². The lowest BCUT2D eigenvalue weighted by molar-refractivity contribution is -0.127. The van der Waals surface area contributed by atoms with Gasteiger partial charge in [0.2, 0.25) is 5.91 Å². The zero-order valence-corrected chi connectivity index (χ0v) is 18.8. The molecule has 2 saturated heterocycles. The molecule has 0 radical (unpaired) electrons. The second-order valence-electron chi connectivity index (χ2n) is 7.80. The molecule has 0 saturated carbocycles.